The van der Waals surface area contributed by atoms with Gasteiger partial charge in [0.25, 0.3) is 0 Å². The number of carbonyl (C=O) groups is 2. The highest BCUT2D eigenvalue weighted by atomic mass is 19.1. The highest BCUT2D eigenvalue weighted by Gasteiger charge is 2.35. The van der Waals surface area contributed by atoms with Crippen LogP contribution in [0, 0.1) is 28.8 Å². The molecule has 2 amide bonds. The summed E-state index contributed by atoms with van der Waals surface area (Å²) in [6.45, 7) is 2.13. The summed E-state index contributed by atoms with van der Waals surface area (Å²) in [5, 5.41) is 13.3. The lowest BCUT2D eigenvalue weighted by molar-refractivity contribution is -0.387. The standard InChI is InChI=1S/C18H16FN3O4/c1-11-3-2-4-14(7-11)21-10-12(8-17(21)23)18(24)20-13-5-6-15(19)16(9-13)22(25)26/h2-7,9,12H,8,10H2,1H3,(H,20,24). The van der Waals surface area contributed by atoms with Crippen LogP contribution in [0.15, 0.2) is 42.5 Å². The number of benzene rings is 2. The van der Waals surface area contributed by atoms with Gasteiger partial charge in [0.2, 0.25) is 17.6 Å². The highest BCUT2D eigenvalue weighted by molar-refractivity contribution is 6.03. The molecule has 7 nitrogen and oxygen atoms in total. The Morgan fingerprint density at radius 1 is 1.31 bits per heavy atom. The molecule has 1 aliphatic heterocycles. The number of rotatable bonds is 4. The summed E-state index contributed by atoms with van der Waals surface area (Å²) in [6, 6.07) is 10.5. The molecule has 1 heterocycles. The lowest BCUT2D eigenvalue weighted by Gasteiger charge is -2.17. The van der Waals surface area contributed by atoms with E-state index in [-0.39, 0.29) is 24.6 Å². The summed E-state index contributed by atoms with van der Waals surface area (Å²) in [5.74, 6) is -2.17. The third kappa shape index (κ3) is 3.53. The maximum absolute atomic E-state index is 13.4. The molecule has 8 heteroatoms. The normalized spacial score (nSPS) is 16.6. The van der Waals surface area contributed by atoms with Crippen LogP contribution in [0.5, 0.6) is 0 Å². The van der Waals surface area contributed by atoms with Gasteiger partial charge in [-0.2, -0.15) is 4.39 Å². The average molecular weight is 357 g/mol. The number of halogens is 1. The summed E-state index contributed by atoms with van der Waals surface area (Å²) < 4.78 is 13.4. The summed E-state index contributed by atoms with van der Waals surface area (Å²) in [6.07, 6.45) is 0.0447. The van der Waals surface area contributed by atoms with E-state index in [1.54, 1.807) is 11.0 Å². The molecule has 0 bridgehead atoms. The van der Waals surface area contributed by atoms with Gasteiger partial charge in [0.1, 0.15) is 0 Å². The van der Waals surface area contributed by atoms with Crippen molar-refractivity contribution in [3.8, 4) is 0 Å². The number of anilines is 2. The Balaban J connectivity index is 1.72. The summed E-state index contributed by atoms with van der Waals surface area (Å²) in [5.41, 5.74) is 1.13. The predicted molar refractivity (Wildman–Crippen MR) is 93.3 cm³/mol. The predicted octanol–water partition coefficient (Wildman–Crippen LogP) is 3.03. The maximum atomic E-state index is 13.4. The Morgan fingerprint density at radius 3 is 2.77 bits per heavy atom. The van der Waals surface area contributed by atoms with Crippen LogP contribution in [-0.2, 0) is 9.59 Å². The molecule has 2 aromatic carbocycles. The van der Waals surface area contributed by atoms with Crippen LogP contribution in [0.25, 0.3) is 0 Å². The molecule has 0 radical (unpaired) electrons. The Kier molecular flexibility index (Phi) is 4.66. The fourth-order valence-corrected chi connectivity index (χ4v) is 2.90. The first-order valence-corrected chi connectivity index (χ1v) is 7.97. The van der Waals surface area contributed by atoms with Gasteiger partial charge < -0.3 is 10.2 Å². The van der Waals surface area contributed by atoms with Gasteiger partial charge in [0, 0.05) is 30.4 Å². The molecule has 0 spiro atoms. The van der Waals surface area contributed by atoms with Crippen LogP contribution >= 0.6 is 0 Å². The number of carbonyl (C=O) groups excluding carboxylic acids is 2. The zero-order valence-electron chi connectivity index (χ0n) is 13.9. The molecule has 1 saturated heterocycles. The summed E-state index contributed by atoms with van der Waals surface area (Å²) in [4.78, 5) is 36.1. The van der Waals surface area contributed by atoms with E-state index < -0.39 is 28.3 Å². The van der Waals surface area contributed by atoms with E-state index in [2.05, 4.69) is 5.32 Å². The molecule has 0 aromatic heterocycles. The molecule has 0 saturated carbocycles. The summed E-state index contributed by atoms with van der Waals surface area (Å²) >= 11 is 0. The highest BCUT2D eigenvalue weighted by Crippen LogP contribution is 2.27. The third-order valence-corrected chi connectivity index (χ3v) is 4.22. The van der Waals surface area contributed by atoms with Crippen molar-refractivity contribution in [2.24, 2.45) is 5.92 Å². The maximum Gasteiger partial charge on any atom is 0.306 e. The molecule has 1 atom stereocenters. The Bertz CT molecular complexity index is 900. The van der Waals surface area contributed by atoms with Crippen molar-refractivity contribution in [1.82, 2.24) is 0 Å². The first-order chi connectivity index (χ1) is 12.3. The van der Waals surface area contributed by atoms with Crippen LogP contribution in [0.3, 0.4) is 0 Å². The van der Waals surface area contributed by atoms with Gasteiger partial charge >= 0.3 is 5.69 Å². The number of hydrogen-bond donors (Lipinski definition) is 1. The van der Waals surface area contributed by atoms with Crippen LogP contribution in [0.2, 0.25) is 0 Å². The molecule has 3 rings (SSSR count). The summed E-state index contributed by atoms with van der Waals surface area (Å²) in [7, 11) is 0. The van der Waals surface area contributed by atoms with Gasteiger partial charge in [0.05, 0.1) is 10.8 Å². The topological polar surface area (TPSA) is 92.6 Å². The molecule has 134 valence electrons. The molecule has 1 unspecified atom stereocenters. The minimum Gasteiger partial charge on any atom is -0.326 e. The van der Waals surface area contributed by atoms with Gasteiger partial charge in [-0.25, -0.2) is 0 Å². The Morgan fingerprint density at radius 2 is 2.08 bits per heavy atom. The monoisotopic (exact) mass is 357 g/mol. The molecule has 1 fully saturated rings. The lowest BCUT2D eigenvalue weighted by Crippen LogP contribution is -2.28. The largest absolute Gasteiger partial charge is 0.326 e. The van der Waals surface area contributed by atoms with E-state index in [4.69, 9.17) is 0 Å². The van der Waals surface area contributed by atoms with Gasteiger partial charge in [-0.15, -0.1) is 0 Å². The number of nitrogens with one attached hydrogen (secondary N) is 1. The van der Waals surface area contributed by atoms with Crippen molar-refractivity contribution in [3.05, 3.63) is 64.0 Å². The second-order valence-electron chi connectivity index (χ2n) is 6.16. The number of nitro benzene ring substituents is 1. The van der Waals surface area contributed by atoms with Crippen molar-refractivity contribution >= 4 is 28.9 Å². The van der Waals surface area contributed by atoms with Crippen molar-refractivity contribution in [3.63, 3.8) is 0 Å². The molecule has 1 aliphatic rings. The molecular weight excluding hydrogens is 341 g/mol. The van der Waals surface area contributed by atoms with E-state index >= 15 is 0 Å². The van der Waals surface area contributed by atoms with Crippen molar-refractivity contribution in [2.45, 2.75) is 13.3 Å². The van der Waals surface area contributed by atoms with Crippen LogP contribution in [-0.4, -0.2) is 23.3 Å². The first-order valence-electron chi connectivity index (χ1n) is 7.97. The minimum absolute atomic E-state index is 0.0447. The number of aryl methyl sites for hydroxylation is 1. The van der Waals surface area contributed by atoms with Crippen molar-refractivity contribution in [1.29, 1.82) is 0 Å². The van der Waals surface area contributed by atoms with Gasteiger partial charge in [-0.1, -0.05) is 12.1 Å². The number of nitrogens with zero attached hydrogens (tertiary/aromatic N) is 2. The van der Waals surface area contributed by atoms with Crippen molar-refractivity contribution < 1.29 is 18.9 Å². The molecular formula is C18H16FN3O4. The Hall–Kier alpha value is -3.29. The number of amides is 2. The fraction of sp³-hybridized carbons (Fsp3) is 0.222. The van der Waals surface area contributed by atoms with Gasteiger partial charge in [-0.05, 0) is 36.8 Å². The number of nitro groups is 1. The van der Waals surface area contributed by atoms with Gasteiger partial charge in [-0.3, -0.25) is 19.7 Å². The van der Waals surface area contributed by atoms with E-state index in [9.17, 15) is 24.1 Å². The van der Waals surface area contributed by atoms with E-state index in [0.29, 0.717) is 0 Å². The quantitative estimate of drug-likeness (QED) is 0.672. The van der Waals surface area contributed by atoms with E-state index in [0.717, 1.165) is 23.4 Å². The van der Waals surface area contributed by atoms with Gasteiger partial charge in [0.15, 0.2) is 0 Å². The van der Waals surface area contributed by atoms with Crippen LogP contribution in [0.4, 0.5) is 21.5 Å². The molecule has 26 heavy (non-hydrogen) atoms. The molecule has 1 N–H and O–H groups in total. The molecule has 0 aliphatic carbocycles. The lowest BCUT2D eigenvalue weighted by atomic mass is 10.1. The second-order valence-corrected chi connectivity index (χ2v) is 6.16. The first kappa shape index (κ1) is 17.5. The zero-order valence-corrected chi connectivity index (χ0v) is 13.9. The van der Waals surface area contributed by atoms with E-state index in [1.807, 2.05) is 25.1 Å². The van der Waals surface area contributed by atoms with Crippen LogP contribution < -0.4 is 10.2 Å². The smallest absolute Gasteiger partial charge is 0.306 e. The second kappa shape index (κ2) is 6.91. The number of hydrogen-bond acceptors (Lipinski definition) is 4. The minimum atomic E-state index is -0.977. The fourth-order valence-electron chi connectivity index (χ4n) is 2.90. The van der Waals surface area contributed by atoms with Crippen LogP contribution in [0.1, 0.15) is 12.0 Å². The molecule has 2 aromatic rings. The zero-order chi connectivity index (χ0) is 18.8. The average Bonchev–Trinajstić information content (AvgIpc) is 2.98. The van der Waals surface area contributed by atoms with E-state index in [1.165, 1.54) is 6.07 Å². The van der Waals surface area contributed by atoms with Crippen molar-refractivity contribution in [2.75, 3.05) is 16.8 Å². The Labute approximate surface area is 148 Å². The third-order valence-electron chi connectivity index (χ3n) is 4.22. The SMILES string of the molecule is Cc1cccc(N2CC(C(=O)Nc3ccc(F)c([N+](=O)[O-])c3)CC2=O)c1.